The highest BCUT2D eigenvalue weighted by molar-refractivity contribution is 5.90. The molecule has 0 saturated carbocycles. The van der Waals surface area contributed by atoms with Crippen molar-refractivity contribution in [1.29, 1.82) is 0 Å². The number of hydrogen-bond donors (Lipinski definition) is 0. The summed E-state index contributed by atoms with van der Waals surface area (Å²) in [5.74, 6) is -0.00485. The first kappa shape index (κ1) is 15.1. The number of hydrogen-bond acceptors (Lipinski definition) is 4. The van der Waals surface area contributed by atoms with Crippen LogP contribution in [0.25, 0.3) is 0 Å². The molecule has 0 atom stereocenters. The van der Waals surface area contributed by atoms with E-state index in [1.54, 1.807) is 24.1 Å². The van der Waals surface area contributed by atoms with Gasteiger partial charge >= 0.3 is 0 Å². The molecule has 0 spiro atoms. The maximum absolute atomic E-state index is 13.4. The van der Waals surface area contributed by atoms with Crippen LogP contribution in [0.2, 0.25) is 0 Å². The van der Waals surface area contributed by atoms with Crippen LogP contribution in [0, 0.1) is 5.82 Å². The van der Waals surface area contributed by atoms with Gasteiger partial charge in [0, 0.05) is 38.4 Å². The van der Waals surface area contributed by atoms with Crippen molar-refractivity contribution < 1.29 is 9.18 Å². The number of fused-ring (bicyclic) bond motifs is 1. The van der Waals surface area contributed by atoms with Gasteiger partial charge in [-0.3, -0.25) is 9.48 Å². The summed E-state index contributed by atoms with van der Waals surface area (Å²) in [7, 11) is 1.75. The van der Waals surface area contributed by atoms with Crippen LogP contribution in [0.1, 0.15) is 29.0 Å². The molecule has 7 heteroatoms. The summed E-state index contributed by atoms with van der Waals surface area (Å²) in [5.41, 5.74) is 2.23. The Balaban J connectivity index is 1.41. The van der Waals surface area contributed by atoms with Gasteiger partial charge in [0.1, 0.15) is 12.1 Å². The fourth-order valence-electron chi connectivity index (χ4n) is 3.73. The third-order valence-electron chi connectivity index (χ3n) is 4.96. The second kappa shape index (κ2) is 5.89. The number of amides is 1. The molecular weight excluding hydrogens is 309 g/mol. The van der Waals surface area contributed by atoms with Gasteiger partial charge < -0.3 is 9.80 Å². The molecule has 2 aliphatic heterocycles. The highest BCUT2D eigenvalue weighted by atomic mass is 19.1. The lowest BCUT2D eigenvalue weighted by molar-refractivity contribution is 0.0700. The van der Waals surface area contributed by atoms with Crippen molar-refractivity contribution in [3.8, 4) is 0 Å². The Bertz CT molecular complexity index is 766. The Morgan fingerprint density at radius 2 is 2.04 bits per heavy atom. The zero-order chi connectivity index (χ0) is 16.7. The summed E-state index contributed by atoms with van der Waals surface area (Å²) in [6, 6.07) is 5.45. The molecule has 0 N–H and O–H groups in total. The van der Waals surface area contributed by atoms with Gasteiger partial charge in [-0.2, -0.15) is 0 Å². The van der Waals surface area contributed by atoms with Gasteiger partial charge in [-0.15, -0.1) is 5.10 Å². The molecule has 6 nitrogen and oxygen atoms in total. The van der Waals surface area contributed by atoms with Gasteiger partial charge in [-0.25, -0.2) is 9.37 Å². The highest BCUT2D eigenvalue weighted by Gasteiger charge is 2.31. The predicted octanol–water partition coefficient (Wildman–Crippen LogP) is 1.62. The molecular formula is C17H20FN5O. The highest BCUT2D eigenvalue weighted by Crippen LogP contribution is 2.33. The quantitative estimate of drug-likeness (QED) is 0.840. The molecule has 1 saturated heterocycles. The van der Waals surface area contributed by atoms with Crippen LogP contribution >= 0.6 is 0 Å². The van der Waals surface area contributed by atoms with Crippen LogP contribution in [-0.2, 0) is 13.5 Å². The van der Waals surface area contributed by atoms with Gasteiger partial charge in [0.25, 0.3) is 5.91 Å². The molecule has 1 fully saturated rings. The largest absolute Gasteiger partial charge is 0.368 e. The molecule has 0 aliphatic carbocycles. The maximum Gasteiger partial charge on any atom is 0.293 e. The minimum absolute atomic E-state index is 0.0991. The van der Waals surface area contributed by atoms with Crippen LogP contribution in [-0.4, -0.2) is 51.2 Å². The van der Waals surface area contributed by atoms with E-state index >= 15 is 0 Å². The van der Waals surface area contributed by atoms with Crippen molar-refractivity contribution >= 4 is 11.6 Å². The fourth-order valence-corrected chi connectivity index (χ4v) is 3.73. The zero-order valence-corrected chi connectivity index (χ0v) is 13.7. The number of rotatable bonds is 2. The predicted molar refractivity (Wildman–Crippen MR) is 87.4 cm³/mol. The summed E-state index contributed by atoms with van der Waals surface area (Å²) >= 11 is 0. The van der Waals surface area contributed by atoms with Gasteiger partial charge in [0.15, 0.2) is 0 Å². The summed E-state index contributed by atoms with van der Waals surface area (Å²) in [4.78, 5) is 20.6. The number of halogens is 1. The summed E-state index contributed by atoms with van der Waals surface area (Å²) in [5, 5.41) is 4.09. The lowest BCUT2D eigenvalue weighted by Gasteiger charge is -2.37. The number of anilines is 1. The molecule has 3 heterocycles. The summed E-state index contributed by atoms with van der Waals surface area (Å²) in [6.07, 6.45) is 4.26. The fraction of sp³-hybridized carbons (Fsp3) is 0.471. The van der Waals surface area contributed by atoms with Crippen molar-refractivity contribution in [1.82, 2.24) is 19.7 Å². The minimum Gasteiger partial charge on any atom is -0.368 e. The Morgan fingerprint density at radius 1 is 1.25 bits per heavy atom. The molecule has 0 unspecified atom stereocenters. The van der Waals surface area contributed by atoms with Crippen LogP contribution in [0.15, 0.2) is 24.5 Å². The number of likely N-dealkylation sites (tertiary alicyclic amines) is 1. The molecule has 0 bridgehead atoms. The van der Waals surface area contributed by atoms with E-state index in [-0.39, 0.29) is 17.5 Å². The summed E-state index contributed by atoms with van der Waals surface area (Å²) in [6.45, 7) is 2.34. The Morgan fingerprint density at radius 3 is 2.75 bits per heavy atom. The van der Waals surface area contributed by atoms with Gasteiger partial charge in [-0.05, 0) is 43.0 Å². The standard InChI is InChI=1S/C17H20FN5O/c1-21-11-19-16(20-21)17(24)22-7-5-14(6-8-22)23-9-4-12-10-13(18)2-3-15(12)23/h2-3,10-11,14H,4-9H2,1H3. The smallest absolute Gasteiger partial charge is 0.293 e. The zero-order valence-electron chi connectivity index (χ0n) is 13.7. The Kier molecular flexibility index (Phi) is 3.70. The molecule has 1 aromatic carbocycles. The van der Waals surface area contributed by atoms with Gasteiger partial charge in [0.05, 0.1) is 0 Å². The van der Waals surface area contributed by atoms with E-state index < -0.39 is 0 Å². The number of aryl methyl sites for hydroxylation is 1. The molecule has 4 rings (SSSR count). The van der Waals surface area contributed by atoms with Crippen LogP contribution < -0.4 is 4.90 Å². The third kappa shape index (κ3) is 2.64. The van der Waals surface area contributed by atoms with Crippen molar-refractivity contribution in [2.45, 2.75) is 25.3 Å². The lowest BCUT2D eigenvalue weighted by atomic mass is 10.0. The second-order valence-corrected chi connectivity index (χ2v) is 6.48. The van der Waals surface area contributed by atoms with E-state index in [1.165, 1.54) is 6.07 Å². The molecule has 24 heavy (non-hydrogen) atoms. The van der Waals surface area contributed by atoms with Gasteiger partial charge in [-0.1, -0.05) is 0 Å². The Labute approximate surface area is 139 Å². The van der Waals surface area contributed by atoms with Crippen molar-refractivity contribution in [3.05, 3.63) is 41.7 Å². The van der Waals surface area contributed by atoms with Crippen molar-refractivity contribution in [2.24, 2.45) is 7.05 Å². The van der Waals surface area contributed by atoms with Gasteiger partial charge in [0.2, 0.25) is 5.82 Å². The minimum atomic E-state index is -0.168. The molecule has 1 aromatic heterocycles. The first-order chi connectivity index (χ1) is 11.6. The number of carbonyl (C=O) groups excluding carboxylic acids is 1. The average Bonchev–Trinajstić information content (AvgIpc) is 3.20. The third-order valence-corrected chi connectivity index (χ3v) is 4.96. The van der Waals surface area contributed by atoms with Crippen molar-refractivity contribution in [3.63, 3.8) is 0 Å². The van der Waals surface area contributed by atoms with E-state index in [1.807, 2.05) is 11.0 Å². The maximum atomic E-state index is 13.4. The van der Waals surface area contributed by atoms with Crippen LogP contribution in [0.5, 0.6) is 0 Å². The van der Waals surface area contributed by atoms with Crippen molar-refractivity contribution in [2.75, 3.05) is 24.5 Å². The molecule has 0 radical (unpaired) electrons. The van der Waals surface area contributed by atoms with E-state index in [0.29, 0.717) is 19.1 Å². The van der Waals surface area contributed by atoms with E-state index in [9.17, 15) is 9.18 Å². The first-order valence-corrected chi connectivity index (χ1v) is 8.32. The number of piperidine rings is 1. The van der Waals surface area contributed by atoms with E-state index in [2.05, 4.69) is 15.0 Å². The number of aromatic nitrogens is 3. The summed E-state index contributed by atoms with van der Waals surface area (Å²) < 4.78 is 14.9. The molecule has 1 amide bonds. The number of benzene rings is 1. The van der Waals surface area contributed by atoms with E-state index in [4.69, 9.17) is 0 Å². The average molecular weight is 329 g/mol. The molecule has 2 aromatic rings. The van der Waals surface area contributed by atoms with E-state index in [0.717, 1.165) is 37.1 Å². The number of carbonyl (C=O) groups is 1. The topological polar surface area (TPSA) is 54.3 Å². The number of nitrogens with zero attached hydrogens (tertiary/aromatic N) is 5. The SMILES string of the molecule is Cn1cnc(C(=O)N2CCC(N3CCc4cc(F)ccc43)CC2)n1. The monoisotopic (exact) mass is 329 g/mol. The normalized spacial score (nSPS) is 18.1. The lowest BCUT2D eigenvalue weighted by Crippen LogP contribution is -2.46. The molecule has 2 aliphatic rings. The first-order valence-electron chi connectivity index (χ1n) is 8.32. The molecule has 126 valence electrons. The van der Waals surface area contributed by atoms with Crippen LogP contribution in [0.3, 0.4) is 0 Å². The second-order valence-electron chi connectivity index (χ2n) is 6.48. The Hall–Kier alpha value is -2.44. The van der Waals surface area contributed by atoms with Crippen LogP contribution in [0.4, 0.5) is 10.1 Å².